The lowest BCUT2D eigenvalue weighted by Crippen LogP contribution is -2.68. The zero-order valence-corrected chi connectivity index (χ0v) is 23.6. The van der Waals surface area contributed by atoms with E-state index in [0.717, 1.165) is 36.8 Å². The molecule has 0 radical (unpaired) electrons. The van der Waals surface area contributed by atoms with E-state index in [1.165, 1.54) is 6.92 Å². The number of carbonyl (C=O) groups is 1. The first kappa shape index (κ1) is 30.0. The maximum absolute atomic E-state index is 12.4. The van der Waals surface area contributed by atoms with Gasteiger partial charge in [-0.25, -0.2) is 0 Å². The number of rotatable bonds is 12. The van der Waals surface area contributed by atoms with Crippen LogP contribution in [0.15, 0.2) is 36.0 Å². The average molecular weight is 521 g/mol. The summed E-state index contributed by atoms with van der Waals surface area (Å²) in [4.78, 5) is 12.4. The summed E-state index contributed by atoms with van der Waals surface area (Å²) in [5.74, 6) is -0.911. The Morgan fingerprint density at radius 1 is 1.19 bits per heavy atom. The van der Waals surface area contributed by atoms with Crippen molar-refractivity contribution in [2.24, 2.45) is 22.7 Å². The van der Waals surface area contributed by atoms with Gasteiger partial charge in [-0.1, -0.05) is 70.9 Å². The standard InChI is InChI=1S/C30H48O7/c1-8-11-15-34-27-23-17-22(32)18-24-29(7,14-13-19(4)10-3)20(5)25(33)26(36-21(6)31)30(23,24)28(37-27)35-16-12-9-2/h10,13,17,20,22,24-28,32-33H,3,8-9,11-12,14-16,18H2,1-2,4-7H3/b19-13-/t20-,22+,24+,25-,26+,27+,28-,29-,30?/m1/s1. The number of carbonyl (C=O) groups excluding carboxylic acids is 1. The van der Waals surface area contributed by atoms with Crippen LogP contribution in [-0.2, 0) is 23.7 Å². The molecule has 1 unspecified atom stereocenters. The molecule has 210 valence electrons. The van der Waals surface area contributed by atoms with E-state index in [2.05, 4.69) is 33.4 Å². The van der Waals surface area contributed by atoms with Crippen LogP contribution in [0, 0.1) is 22.7 Å². The fourth-order valence-electron chi connectivity index (χ4n) is 6.62. The fraction of sp³-hybridized carbons (Fsp3) is 0.767. The van der Waals surface area contributed by atoms with Gasteiger partial charge in [-0.2, -0.15) is 0 Å². The van der Waals surface area contributed by atoms with Gasteiger partial charge in [0.25, 0.3) is 0 Å². The summed E-state index contributed by atoms with van der Waals surface area (Å²) in [5.41, 5.74) is 0.313. The maximum atomic E-state index is 12.4. The van der Waals surface area contributed by atoms with Crippen LogP contribution in [0.3, 0.4) is 0 Å². The number of aliphatic hydroxyl groups excluding tert-OH is 2. The van der Waals surface area contributed by atoms with Crippen molar-refractivity contribution in [1.29, 1.82) is 0 Å². The summed E-state index contributed by atoms with van der Waals surface area (Å²) >= 11 is 0. The summed E-state index contributed by atoms with van der Waals surface area (Å²) in [6.07, 6.45) is 6.38. The molecular weight excluding hydrogens is 472 g/mol. The highest BCUT2D eigenvalue weighted by Crippen LogP contribution is 2.67. The molecule has 0 amide bonds. The van der Waals surface area contributed by atoms with Gasteiger partial charge in [0.2, 0.25) is 0 Å². The Morgan fingerprint density at radius 2 is 1.84 bits per heavy atom. The van der Waals surface area contributed by atoms with E-state index in [9.17, 15) is 15.0 Å². The van der Waals surface area contributed by atoms with Crippen molar-refractivity contribution in [2.75, 3.05) is 13.2 Å². The molecule has 0 aromatic rings. The molecule has 37 heavy (non-hydrogen) atoms. The van der Waals surface area contributed by atoms with Gasteiger partial charge in [0, 0.05) is 13.5 Å². The van der Waals surface area contributed by atoms with Crippen LogP contribution in [0.5, 0.6) is 0 Å². The summed E-state index contributed by atoms with van der Waals surface area (Å²) in [6, 6.07) is 0. The molecule has 0 aromatic carbocycles. The quantitative estimate of drug-likeness (QED) is 0.161. The van der Waals surface area contributed by atoms with Crippen molar-refractivity contribution < 1.29 is 34.0 Å². The number of hydrogen-bond acceptors (Lipinski definition) is 7. The van der Waals surface area contributed by atoms with Crippen LogP contribution in [0.25, 0.3) is 0 Å². The zero-order chi connectivity index (χ0) is 27.4. The maximum Gasteiger partial charge on any atom is 0.303 e. The predicted octanol–water partition coefficient (Wildman–Crippen LogP) is 5.07. The molecule has 1 heterocycles. The number of allylic oxidation sites excluding steroid dienone is 3. The second-order valence-electron chi connectivity index (χ2n) is 11.3. The van der Waals surface area contributed by atoms with Crippen molar-refractivity contribution >= 4 is 5.97 Å². The molecule has 3 rings (SSSR count). The highest BCUT2D eigenvalue weighted by Gasteiger charge is 2.73. The molecule has 0 aromatic heterocycles. The van der Waals surface area contributed by atoms with Crippen molar-refractivity contribution in [2.45, 2.75) is 111 Å². The summed E-state index contributed by atoms with van der Waals surface area (Å²) in [6.45, 7) is 16.6. The molecular formula is C30H48O7. The first-order valence-corrected chi connectivity index (χ1v) is 14.0. The smallest absolute Gasteiger partial charge is 0.303 e. The van der Waals surface area contributed by atoms with E-state index in [1.54, 1.807) is 6.08 Å². The molecule has 2 N–H and O–H groups in total. The average Bonchev–Trinajstić information content (AvgIpc) is 3.17. The van der Waals surface area contributed by atoms with E-state index < -0.39 is 47.7 Å². The normalized spacial score (nSPS) is 39.5. The molecule has 1 spiro atoms. The number of unbranched alkanes of at least 4 members (excludes halogenated alkanes) is 2. The lowest BCUT2D eigenvalue weighted by atomic mass is 9.44. The Balaban J connectivity index is 2.22. The second kappa shape index (κ2) is 12.6. The van der Waals surface area contributed by atoms with E-state index in [0.29, 0.717) is 26.1 Å². The third-order valence-corrected chi connectivity index (χ3v) is 8.96. The largest absolute Gasteiger partial charge is 0.459 e. The van der Waals surface area contributed by atoms with Crippen LogP contribution < -0.4 is 0 Å². The van der Waals surface area contributed by atoms with Gasteiger partial charge < -0.3 is 29.2 Å². The Labute approximate surface area is 222 Å². The molecule has 1 saturated heterocycles. The second-order valence-corrected chi connectivity index (χ2v) is 11.3. The Hall–Kier alpha value is -1.51. The summed E-state index contributed by atoms with van der Waals surface area (Å²) < 4.78 is 25.1. The van der Waals surface area contributed by atoms with Crippen molar-refractivity contribution in [3.63, 3.8) is 0 Å². The molecule has 1 saturated carbocycles. The topological polar surface area (TPSA) is 94.5 Å². The van der Waals surface area contributed by atoms with Crippen LogP contribution in [0.4, 0.5) is 0 Å². The summed E-state index contributed by atoms with van der Waals surface area (Å²) in [5, 5.41) is 22.9. The van der Waals surface area contributed by atoms with Gasteiger partial charge in [-0.15, -0.1) is 0 Å². The molecule has 2 aliphatic carbocycles. The van der Waals surface area contributed by atoms with Crippen molar-refractivity contribution in [3.05, 3.63) is 36.0 Å². The van der Waals surface area contributed by atoms with Crippen LogP contribution in [-0.4, -0.2) is 60.3 Å². The first-order chi connectivity index (χ1) is 17.6. The Bertz CT molecular complexity index is 866. The van der Waals surface area contributed by atoms with Gasteiger partial charge in [-0.05, 0) is 55.4 Å². The minimum absolute atomic E-state index is 0.210. The van der Waals surface area contributed by atoms with E-state index >= 15 is 0 Å². The molecule has 1 aliphatic heterocycles. The van der Waals surface area contributed by atoms with E-state index in [1.807, 2.05) is 19.9 Å². The van der Waals surface area contributed by atoms with Crippen molar-refractivity contribution in [3.8, 4) is 0 Å². The van der Waals surface area contributed by atoms with Gasteiger partial charge in [0.15, 0.2) is 12.6 Å². The third kappa shape index (κ3) is 5.62. The van der Waals surface area contributed by atoms with Gasteiger partial charge in [0.05, 0.1) is 24.2 Å². The van der Waals surface area contributed by atoms with Crippen molar-refractivity contribution in [1.82, 2.24) is 0 Å². The fourth-order valence-corrected chi connectivity index (χ4v) is 6.62. The highest BCUT2D eigenvalue weighted by atomic mass is 16.8. The van der Waals surface area contributed by atoms with E-state index in [-0.39, 0.29) is 11.8 Å². The SMILES string of the molecule is C=C/C(C)=C\C[C@]1(C)[C@H](C)[C@@H](O)[C@H](OC(C)=O)C23C(=C[C@H](O)C[C@H]21)[C@@H](OCCCC)O[C@H]3OCCCC. The van der Waals surface area contributed by atoms with Gasteiger partial charge in [0.1, 0.15) is 6.10 Å². The van der Waals surface area contributed by atoms with Crippen LogP contribution >= 0.6 is 0 Å². The lowest BCUT2D eigenvalue weighted by molar-refractivity contribution is -0.285. The molecule has 3 aliphatic rings. The van der Waals surface area contributed by atoms with Crippen LogP contribution in [0.2, 0.25) is 0 Å². The number of esters is 1. The van der Waals surface area contributed by atoms with E-state index in [4.69, 9.17) is 18.9 Å². The monoisotopic (exact) mass is 520 g/mol. The molecule has 0 bridgehead atoms. The number of ether oxygens (including phenoxy) is 4. The van der Waals surface area contributed by atoms with Crippen LogP contribution in [0.1, 0.15) is 80.1 Å². The minimum atomic E-state index is -0.994. The predicted molar refractivity (Wildman–Crippen MR) is 142 cm³/mol. The third-order valence-electron chi connectivity index (χ3n) is 8.96. The highest BCUT2D eigenvalue weighted by molar-refractivity contribution is 5.66. The first-order valence-electron chi connectivity index (χ1n) is 14.0. The number of hydrogen-bond donors (Lipinski definition) is 2. The molecule has 2 fully saturated rings. The molecule has 7 nitrogen and oxygen atoms in total. The lowest BCUT2D eigenvalue weighted by Gasteiger charge is -2.62. The number of aliphatic hydroxyl groups is 2. The Kier molecular flexibility index (Phi) is 10.2. The van der Waals surface area contributed by atoms with Gasteiger partial charge in [-0.3, -0.25) is 4.79 Å². The molecule has 7 heteroatoms. The van der Waals surface area contributed by atoms with Gasteiger partial charge >= 0.3 is 5.97 Å². The molecule has 9 atom stereocenters. The summed E-state index contributed by atoms with van der Waals surface area (Å²) in [7, 11) is 0. The zero-order valence-electron chi connectivity index (χ0n) is 23.6. The Morgan fingerprint density at radius 3 is 2.43 bits per heavy atom. The minimum Gasteiger partial charge on any atom is -0.459 e.